The van der Waals surface area contributed by atoms with Crippen LogP contribution < -0.4 is 5.32 Å². The Morgan fingerprint density at radius 2 is 1.94 bits per heavy atom. The molecule has 0 radical (unpaired) electrons. The lowest BCUT2D eigenvalue weighted by molar-refractivity contribution is 0.574. The van der Waals surface area contributed by atoms with Crippen molar-refractivity contribution in [2.24, 2.45) is 0 Å². The zero-order valence-corrected chi connectivity index (χ0v) is 12.5. The monoisotopic (exact) mass is 323 g/mol. The van der Waals surface area contributed by atoms with Crippen molar-refractivity contribution in [2.45, 2.75) is 19.5 Å². The molecule has 1 nitrogen and oxygen atoms in total. The first kappa shape index (κ1) is 13.6. The minimum Gasteiger partial charge on any atom is -0.306 e. The predicted octanol–water partition coefficient (Wildman–Crippen LogP) is 4.95. The number of benzene rings is 2. The molecule has 18 heavy (non-hydrogen) atoms. The predicted molar refractivity (Wildman–Crippen MR) is 80.8 cm³/mol. The van der Waals surface area contributed by atoms with Gasteiger partial charge in [0.2, 0.25) is 0 Å². The van der Waals surface area contributed by atoms with Crippen LogP contribution in [0.3, 0.4) is 0 Å². The minimum absolute atomic E-state index is 0.280. The third kappa shape index (κ3) is 3.84. The number of hydrogen-bond donors (Lipinski definition) is 1. The summed E-state index contributed by atoms with van der Waals surface area (Å²) in [5.74, 6) is 0. The second-order valence-electron chi connectivity index (χ2n) is 4.29. The van der Waals surface area contributed by atoms with E-state index in [9.17, 15) is 0 Å². The largest absolute Gasteiger partial charge is 0.306 e. The number of rotatable bonds is 4. The standard InChI is InChI=1S/C15H15BrClN/c1-11(13-5-3-7-15(17)9-13)18-10-12-4-2-6-14(16)8-12/h2-9,11,18H,10H2,1H3/t11-/m1/s1. The normalized spacial score (nSPS) is 12.4. The first-order valence-electron chi connectivity index (χ1n) is 5.88. The van der Waals surface area contributed by atoms with Crippen molar-refractivity contribution in [1.82, 2.24) is 5.32 Å². The Balaban J connectivity index is 1.98. The lowest BCUT2D eigenvalue weighted by atomic mass is 10.1. The van der Waals surface area contributed by atoms with Crippen molar-refractivity contribution in [2.75, 3.05) is 0 Å². The van der Waals surface area contributed by atoms with E-state index in [1.54, 1.807) is 0 Å². The summed E-state index contributed by atoms with van der Waals surface area (Å²) in [6, 6.07) is 16.6. The first-order chi connectivity index (χ1) is 8.65. The molecule has 94 valence electrons. The summed E-state index contributed by atoms with van der Waals surface area (Å²) in [6.45, 7) is 2.98. The van der Waals surface area contributed by atoms with Crippen molar-refractivity contribution in [3.8, 4) is 0 Å². The Bertz CT molecular complexity index is 527. The molecule has 0 fully saturated rings. The van der Waals surface area contributed by atoms with Crippen LogP contribution in [0.1, 0.15) is 24.1 Å². The second-order valence-corrected chi connectivity index (χ2v) is 5.64. The van der Waals surface area contributed by atoms with Gasteiger partial charge in [0.1, 0.15) is 0 Å². The smallest absolute Gasteiger partial charge is 0.0409 e. The van der Waals surface area contributed by atoms with Crippen LogP contribution in [0.2, 0.25) is 5.02 Å². The average Bonchev–Trinajstić information content (AvgIpc) is 2.36. The van der Waals surface area contributed by atoms with Crippen molar-refractivity contribution in [3.05, 3.63) is 69.2 Å². The van der Waals surface area contributed by atoms with Gasteiger partial charge in [-0.05, 0) is 42.3 Å². The van der Waals surface area contributed by atoms with Crippen LogP contribution in [0, 0.1) is 0 Å². The van der Waals surface area contributed by atoms with Crippen molar-refractivity contribution < 1.29 is 0 Å². The summed E-state index contributed by atoms with van der Waals surface area (Å²) < 4.78 is 1.11. The SMILES string of the molecule is C[C@@H](NCc1cccc(Br)c1)c1cccc(Cl)c1. The summed E-state index contributed by atoms with van der Waals surface area (Å²) >= 11 is 9.47. The third-order valence-electron chi connectivity index (χ3n) is 2.85. The van der Waals surface area contributed by atoms with Gasteiger partial charge in [-0.25, -0.2) is 0 Å². The zero-order valence-electron chi connectivity index (χ0n) is 10.2. The van der Waals surface area contributed by atoms with Gasteiger partial charge < -0.3 is 5.32 Å². The maximum absolute atomic E-state index is 5.99. The van der Waals surface area contributed by atoms with E-state index >= 15 is 0 Å². The molecular weight excluding hydrogens is 310 g/mol. The van der Waals surface area contributed by atoms with Crippen molar-refractivity contribution >= 4 is 27.5 Å². The molecule has 0 bridgehead atoms. The molecule has 3 heteroatoms. The minimum atomic E-state index is 0.280. The number of hydrogen-bond acceptors (Lipinski definition) is 1. The number of halogens is 2. The van der Waals surface area contributed by atoms with Gasteiger partial charge in [0.15, 0.2) is 0 Å². The molecule has 0 spiro atoms. The van der Waals surface area contributed by atoms with Gasteiger partial charge in [-0.15, -0.1) is 0 Å². The summed E-state index contributed by atoms with van der Waals surface area (Å²) in [4.78, 5) is 0. The first-order valence-corrected chi connectivity index (χ1v) is 7.05. The molecule has 2 aromatic rings. The molecule has 2 rings (SSSR count). The van der Waals surface area contributed by atoms with Gasteiger partial charge >= 0.3 is 0 Å². The van der Waals surface area contributed by atoms with Crippen LogP contribution in [0.4, 0.5) is 0 Å². The van der Waals surface area contributed by atoms with Gasteiger partial charge in [-0.3, -0.25) is 0 Å². The highest BCUT2D eigenvalue weighted by atomic mass is 79.9. The highest BCUT2D eigenvalue weighted by molar-refractivity contribution is 9.10. The molecule has 0 aliphatic carbocycles. The Kier molecular flexibility index (Phi) is 4.81. The van der Waals surface area contributed by atoms with Crippen molar-refractivity contribution in [3.63, 3.8) is 0 Å². The molecule has 1 N–H and O–H groups in total. The van der Waals surface area contributed by atoms with Gasteiger partial charge in [0.05, 0.1) is 0 Å². The fourth-order valence-corrected chi connectivity index (χ4v) is 2.46. The summed E-state index contributed by atoms with van der Waals surface area (Å²) in [6.07, 6.45) is 0. The highest BCUT2D eigenvalue weighted by Gasteiger charge is 2.05. The van der Waals surface area contributed by atoms with Gasteiger partial charge in [0.25, 0.3) is 0 Å². The van der Waals surface area contributed by atoms with Crippen LogP contribution >= 0.6 is 27.5 Å². The fraction of sp³-hybridized carbons (Fsp3) is 0.200. The molecule has 0 aliphatic heterocycles. The van der Waals surface area contributed by atoms with E-state index in [-0.39, 0.29) is 6.04 Å². The van der Waals surface area contributed by atoms with E-state index in [4.69, 9.17) is 11.6 Å². The van der Waals surface area contributed by atoms with E-state index in [1.165, 1.54) is 11.1 Å². The maximum atomic E-state index is 5.99. The van der Waals surface area contributed by atoms with Gasteiger partial charge in [-0.2, -0.15) is 0 Å². The lowest BCUT2D eigenvalue weighted by Crippen LogP contribution is -2.17. The van der Waals surface area contributed by atoms with Gasteiger partial charge in [-0.1, -0.05) is 51.8 Å². The molecular formula is C15H15BrClN. The Hall–Kier alpha value is -0.830. The summed E-state index contributed by atoms with van der Waals surface area (Å²) in [5.41, 5.74) is 2.47. The Morgan fingerprint density at radius 1 is 1.17 bits per heavy atom. The fourth-order valence-electron chi connectivity index (χ4n) is 1.81. The average molecular weight is 325 g/mol. The van der Waals surface area contributed by atoms with Crippen LogP contribution in [-0.4, -0.2) is 0 Å². The summed E-state index contributed by atoms with van der Waals surface area (Å²) in [5, 5.41) is 4.27. The van der Waals surface area contributed by atoms with E-state index < -0.39 is 0 Å². The molecule has 0 aliphatic rings. The van der Waals surface area contributed by atoms with Crippen LogP contribution in [0.15, 0.2) is 53.0 Å². The molecule has 2 aromatic carbocycles. The Morgan fingerprint density at radius 3 is 2.67 bits per heavy atom. The molecule has 0 saturated carbocycles. The highest BCUT2D eigenvalue weighted by Crippen LogP contribution is 2.18. The van der Waals surface area contributed by atoms with Crippen LogP contribution in [-0.2, 0) is 6.54 Å². The molecule has 0 amide bonds. The van der Waals surface area contributed by atoms with E-state index in [2.05, 4.69) is 46.4 Å². The molecule has 0 saturated heterocycles. The topological polar surface area (TPSA) is 12.0 Å². The number of nitrogens with one attached hydrogen (secondary N) is 1. The maximum Gasteiger partial charge on any atom is 0.0409 e. The Labute approximate surface area is 121 Å². The van der Waals surface area contributed by atoms with Gasteiger partial charge in [0, 0.05) is 22.1 Å². The molecule has 0 aromatic heterocycles. The van der Waals surface area contributed by atoms with Crippen molar-refractivity contribution in [1.29, 1.82) is 0 Å². The van der Waals surface area contributed by atoms with E-state index in [1.807, 2.05) is 30.3 Å². The lowest BCUT2D eigenvalue weighted by Gasteiger charge is -2.14. The zero-order chi connectivity index (χ0) is 13.0. The molecule has 1 atom stereocenters. The van der Waals surface area contributed by atoms with Crippen LogP contribution in [0.5, 0.6) is 0 Å². The summed E-state index contributed by atoms with van der Waals surface area (Å²) in [7, 11) is 0. The molecule has 0 unspecified atom stereocenters. The molecule has 0 heterocycles. The third-order valence-corrected chi connectivity index (χ3v) is 3.58. The van der Waals surface area contributed by atoms with E-state index in [0.717, 1.165) is 16.0 Å². The second kappa shape index (κ2) is 6.37. The quantitative estimate of drug-likeness (QED) is 0.838. The van der Waals surface area contributed by atoms with Crippen LogP contribution in [0.25, 0.3) is 0 Å². The van der Waals surface area contributed by atoms with E-state index in [0.29, 0.717) is 0 Å².